The van der Waals surface area contributed by atoms with Gasteiger partial charge in [-0.25, -0.2) is 9.86 Å². The second kappa shape index (κ2) is 6.40. The lowest BCUT2D eigenvalue weighted by molar-refractivity contribution is -0.0767. The van der Waals surface area contributed by atoms with Crippen molar-refractivity contribution in [2.24, 2.45) is 0 Å². The van der Waals surface area contributed by atoms with Gasteiger partial charge in [-0.2, -0.15) is 0 Å². The summed E-state index contributed by atoms with van der Waals surface area (Å²) in [6.45, 7) is 0. The third-order valence-corrected chi connectivity index (χ3v) is 3.40. The highest BCUT2D eigenvalue weighted by Gasteiger charge is 2.23. The number of anilines is 1. The molecule has 0 atom stereocenters. The van der Waals surface area contributed by atoms with E-state index in [4.69, 9.17) is 0 Å². The molecule has 4 nitrogen and oxygen atoms in total. The summed E-state index contributed by atoms with van der Waals surface area (Å²) in [4.78, 5) is 11.9. The molecule has 18 heavy (non-hydrogen) atoms. The Hall–Kier alpha value is -1.55. The van der Waals surface area contributed by atoms with Crippen molar-refractivity contribution < 1.29 is 10.0 Å². The van der Waals surface area contributed by atoms with Crippen LogP contribution in [0.2, 0.25) is 0 Å². The summed E-state index contributed by atoms with van der Waals surface area (Å²) >= 11 is 0. The molecule has 2 rings (SSSR count). The van der Waals surface area contributed by atoms with Gasteiger partial charge in [0.2, 0.25) is 0 Å². The third-order valence-electron chi connectivity index (χ3n) is 3.40. The molecule has 1 aromatic carbocycles. The maximum atomic E-state index is 11.9. The summed E-state index contributed by atoms with van der Waals surface area (Å²) < 4.78 is 0. The third kappa shape index (κ3) is 3.47. The Morgan fingerprint density at radius 1 is 1.11 bits per heavy atom. The number of carbonyl (C=O) groups excluding carboxylic acids is 1. The van der Waals surface area contributed by atoms with Gasteiger partial charge in [-0.15, -0.1) is 0 Å². The minimum atomic E-state index is -0.437. The van der Waals surface area contributed by atoms with Crippen LogP contribution in [0.5, 0.6) is 0 Å². The largest absolute Gasteiger partial charge is 0.345 e. The normalized spacial score (nSPS) is 16.9. The minimum Gasteiger partial charge on any atom is -0.306 e. The van der Waals surface area contributed by atoms with Crippen LogP contribution in [0.25, 0.3) is 0 Å². The lowest BCUT2D eigenvalue weighted by Crippen LogP contribution is -2.40. The molecule has 1 aromatic rings. The van der Waals surface area contributed by atoms with Crippen LogP contribution < -0.4 is 5.32 Å². The molecule has 0 spiro atoms. The molecular formula is C14H20N2O2. The number of para-hydroxylation sites is 1. The van der Waals surface area contributed by atoms with Gasteiger partial charge in [-0.1, -0.05) is 43.9 Å². The van der Waals surface area contributed by atoms with Gasteiger partial charge in [0, 0.05) is 5.69 Å². The van der Waals surface area contributed by atoms with Gasteiger partial charge in [0.15, 0.2) is 0 Å². The summed E-state index contributed by atoms with van der Waals surface area (Å²) in [7, 11) is 0. The highest BCUT2D eigenvalue weighted by Crippen LogP contribution is 2.21. The monoisotopic (exact) mass is 248 g/mol. The Kier molecular flexibility index (Phi) is 4.59. The topological polar surface area (TPSA) is 52.6 Å². The van der Waals surface area contributed by atoms with E-state index in [9.17, 15) is 10.0 Å². The smallest absolute Gasteiger partial charge is 0.306 e. The molecule has 1 saturated carbocycles. The standard InChI is InChI=1S/C14H20N2O2/c17-14(15-12-8-4-3-5-9-12)16(18)13-10-6-1-2-7-11-13/h3-5,8-9,13,18H,1-2,6-7,10-11H2,(H,15,17). The zero-order valence-electron chi connectivity index (χ0n) is 10.5. The second-order valence-corrected chi connectivity index (χ2v) is 4.79. The molecule has 0 aliphatic heterocycles. The van der Waals surface area contributed by atoms with Gasteiger partial charge >= 0.3 is 6.03 Å². The van der Waals surface area contributed by atoms with E-state index in [0.717, 1.165) is 30.7 Å². The molecule has 0 bridgehead atoms. The van der Waals surface area contributed by atoms with Gasteiger partial charge in [0.05, 0.1) is 6.04 Å². The predicted molar refractivity (Wildman–Crippen MR) is 70.6 cm³/mol. The zero-order valence-corrected chi connectivity index (χ0v) is 10.5. The van der Waals surface area contributed by atoms with Gasteiger partial charge < -0.3 is 5.32 Å². The first kappa shape index (κ1) is 12.9. The predicted octanol–water partition coefficient (Wildman–Crippen LogP) is 3.63. The van der Waals surface area contributed by atoms with E-state index in [1.807, 2.05) is 18.2 Å². The molecule has 0 radical (unpaired) electrons. The lowest BCUT2D eigenvalue weighted by Gasteiger charge is -2.24. The molecule has 98 valence electrons. The van der Waals surface area contributed by atoms with Crippen LogP contribution in [0.3, 0.4) is 0 Å². The molecule has 0 aromatic heterocycles. The average Bonchev–Trinajstić information content (AvgIpc) is 2.68. The lowest BCUT2D eigenvalue weighted by atomic mass is 10.1. The second-order valence-electron chi connectivity index (χ2n) is 4.79. The quantitative estimate of drug-likeness (QED) is 0.477. The molecule has 1 aliphatic carbocycles. The molecule has 2 N–H and O–H groups in total. The van der Waals surface area contributed by atoms with Crippen LogP contribution in [0, 0.1) is 0 Å². The Bertz CT molecular complexity index is 373. The number of hydrogen-bond acceptors (Lipinski definition) is 2. The van der Waals surface area contributed by atoms with Gasteiger partial charge in [-0.05, 0) is 25.0 Å². The zero-order chi connectivity index (χ0) is 12.8. The van der Waals surface area contributed by atoms with Crippen molar-refractivity contribution in [1.29, 1.82) is 0 Å². The number of hydrogen-bond donors (Lipinski definition) is 2. The number of nitrogens with one attached hydrogen (secondary N) is 1. The fourth-order valence-electron chi connectivity index (χ4n) is 2.37. The van der Waals surface area contributed by atoms with Crippen molar-refractivity contribution in [2.75, 3.05) is 5.32 Å². The highest BCUT2D eigenvalue weighted by molar-refractivity contribution is 5.88. The molecule has 1 fully saturated rings. The SMILES string of the molecule is O=C(Nc1ccccc1)N(O)C1CCCCCC1. The maximum Gasteiger partial charge on any atom is 0.345 e. The van der Waals surface area contributed by atoms with Crippen molar-refractivity contribution in [3.05, 3.63) is 30.3 Å². The first-order valence-electron chi connectivity index (χ1n) is 6.61. The average molecular weight is 248 g/mol. The number of urea groups is 1. The van der Waals surface area contributed by atoms with Crippen LogP contribution in [0.1, 0.15) is 38.5 Å². The summed E-state index contributed by atoms with van der Waals surface area (Å²) in [5.41, 5.74) is 0.704. The van der Waals surface area contributed by atoms with Crippen LogP contribution in [0.4, 0.5) is 10.5 Å². The van der Waals surface area contributed by atoms with E-state index < -0.39 is 6.03 Å². The first-order valence-corrected chi connectivity index (χ1v) is 6.61. The molecule has 0 heterocycles. The van der Waals surface area contributed by atoms with Gasteiger partial charge in [0.25, 0.3) is 0 Å². The first-order chi connectivity index (χ1) is 8.77. The summed E-state index contributed by atoms with van der Waals surface area (Å²) in [5, 5.41) is 13.5. The Morgan fingerprint density at radius 2 is 1.72 bits per heavy atom. The minimum absolute atomic E-state index is 0.0452. The molecule has 2 amide bonds. The van der Waals surface area contributed by atoms with E-state index in [0.29, 0.717) is 5.69 Å². The summed E-state index contributed by atoms with van der Waals surface area (Å²) in [6, 6.07) is 8.71. The number of rotatable bonds is 2. The van der Waals surface area contributed by atoms with E-state index in [-0.39, 0.29) is 6.04 Å². The van der Waals surface area contributed by atoms with Crippen LogP contribution in [0.15, 0.2) is 30.3 Å². The number of benzene rings is 1. The number of hydroxylamine groups is 2. The van der Waals surface area contributed by atoms with Crippen molar-refractivity contribution in [2.45, 2.75) is 44.6 Å². The summed E-state index contributed by atoms with van der Waals surface area (Å²) in [5.74, 6) is 0. The Balaban J connectivity index is 1.91. The van der Waals surface area contributed by atoms with Crippen LogP contribution in [-0.2, 0) is 0 Å². The van der Waals surface area contributed by atoms with E-state index in [2.05, 4.69) is 5.32 Å². The fraction of sp³-hybridized carbons (Fsp3) is 0.500. The highest BCUT2D eigenvalue weighted by atomic mass is 16.5. The number of nitrogens with zero attached hydrogens (tertiary/aromatic N) is 1. The summed E-state index contributed by atoms with van der Waals surface area (Å²) in [6.07, 6.45) is 6.34. The Morgan fingerprint density at radius 3 is 2.33 bits per heavy atom. The molecule has 1 aliphatic rings. The van der Waals surface area contributed by atoms with Gasteiger partial charge in [-0.3, -0.25) is 5.21 Å². The van der Waals surface area contributed by atoms with Crippen molar-refractivity contribution in [3.8, 4) is 0 Å². The van der Waals surface area contributed by atoms with Crippen molar-refractivity contribution >= 4 is 11.7 Å². The van der Waals surface area contributed by atoms with E-state index in [1.165, 1.54) is 12.8 Å². The number of carbonyl (C=O) groups is 1. The molecular weight excluding hydrogens is 228 g/mol. The Labute approximate surface area is 108 Å². The molecule has 4 heteroatoms. The molecule has 0 unspecified atom stereocenters. The van der Waals surface area contributed by atoms with Gasteiger partial charge in [0.1, 0.15) is 0 Å². The van der Waals surface area contributed by atoms with Crippen molar-refractivity contribution in [3.63, 3.8) is 0 Å². The van der Waals surface area contributed by atoms with Crippen LogP contribution >= 0.6 is 0 Å². The van der Waals surface area contributed by atoms with E-state index >= 15 is 0 Å². The van der Waals surface area contributed by atoms with E-state index in [1.54, 1.807) is 12.1 Å². The maximum absolute atomic E-state index is 11.9. The van der Waals surface area contributed by atoms with Crippen molar-refractivity contribution in [1.82, 2.24) is 5.06 Å². The number of amides is 2. The molecule has 0 saturated heterocycles. The fourth-order valence-corrected chi connectivity index (χ4v) is 2.37. The van der Waals surface area contributed by atoms with Crippen LogP contribution in [-0.4, -0.2) is 22.3 Å².